The lowest BCUT2D eigenvalue weighted by atomic mass is 9.94. The molecule has 19 nitrogen and oxygen atoms in total. The van der Waals surface area contributed by atoms with Crippen molar-refractivity contribution in [2.45, 2.75) is 115 Å². The fourth-order valence-electron chi connectivity index (χ4n) is 4.93. The quantitative estimate of drug-likeness (QED) is 0.0637. The first-order valence-corrected chi connectivity index (χ1v) is 17.9. The van der Waals surface area contributed by atoms with Crippen molar-refractivity contribution in [3.05, 3.63) is 11.6 Å². The summed E-state index contributed by atoms with van der Waals surface area (Å²) >= 11 is 0. The van der Waals surface area contributed by atoms with E-state index in [4.69, 9.17) is 23.3 Å². The van der Waals surface area contributed by atoms with E-state index in [0.717, 1.165) is 32.3 Å². The second kappa shape index (κ2) is 18.6. The predicted octanol–water partition coefficient (Wildman–Crippen LogP) is -1.08. The lowest BCUT2D eigenvalue weighted by Crippen LogP contribution is -2.69. The number of amides is 2. The van der Waals surface area contributed by atoms with Gasteiger partial charge in [0.1, 0.15) is 48.7 Å². The van der Waals surface area contributed by atoms with Crippen LogP contribution in [0.3, 0.4) is 0 Å². The summed E-state index contributed by atoms with van der Waals surface area (Å²) in [6.07, 6.45) is -9.89. The summed E-state index contributed by atoms with van der Waals surface area (Å²) in [4.78, 5) is 44.2. The molecule has 2 unspecified atom stereocenters. The highest BCUT2D eigenvalue weighted by Gasteiger charge is 2.53. The average Bonchev–Trinajstić information content (AvgIpc) is 2.94. The number of rotatable bonds is 17. The minimum absolute atomic E-state index is 0.0827. The maximum Gasteiger partial charge on any atom is 0.483 e. The molecule has 2 heterocycles. The van der Waals surface area contributed by atoms with E-state index in [9.17, 15) is 54.0 Å². The summed E-state index contributed by atoms with van der Waals surface area (Å²) in [6.45, 7) is 5.88. The topological polar surface area (TPSA) is 289 Å². The van der Waals surface area contributed by atoms with Gasteiger partial charge >= 0.3 is 15.6 Å². The van der Waals surface area contributed by atoms with Crippen molar-refractivity contribution in [2.24, 2.45) is 5.92 Å². The standard InChI is InChI=1S/C26H48N2O17P2/c1-13(2)7-6-8-14(3)9-10-40-46(36,37)45-47(38,39)44-26-20(28-16(5)32)23(35)24(18(12-30)42-26)43-25-19(27-15(4)31)22(34)21(33)17(11-29)41-25/h7,14,17-26,29-30,33-35H,6,8-12H2,1-5H3,(H,27,31)(H,28,32)(H,36,37)(H,38,39)/t14-,17+,18+,19+,20+,21+,22+,23+,24+,25-,26+/m0/s1. The van der Waals surface area contributed by atoms with Gasteiger partial charge in [0.2, 0.25) is 11.8 Å². The Bertz CT molecular complexity index is 1160. The molecular formula is C26H48N2O17P2. The molecule has 21 heteroatoms. The number of carbonyl (C=O) groups excluding carboxylic acids is 2. The number of hydrogen-bond acceptors (Lipinski definition) is 15. The van der Waals surface area contributed by atoms with Crippen LogP contribution in [0.4, 0.5) is 0 Å². The monoisotopic (exact) mass is 722 g/mol. The molecule has 0 aromatic rings. The highest BCUT2D eigenvalue weighted by molar-refractivity contribution is 7.61. The third kappa shape index (κ3) is 13.1. The summed E-state index contributed by atoms with van der Waals surface area (Å²) in [7, 11) is -10.7. The molecule has 2 fully saturated rings. The van der Waals surface area contributed by atoms with E-state index in [1.54, 1.807) is 0 Å². The maximum absolute atomic E-state index is 12.8. The van der Waals surface area contributed by atoms with Crippen LogP contribution in [0.15, 0.2) is 11.6 Å². The number of carbonyl (C=O) groups is 2. The number of nitrogens with one attached hydrogen (secondary N) is 2. The Hall–Kier alpha value is -1.38. The Kier molecular flexibility index (Phi) is 16.5. The van der Waals surface area contributed by atoms with Crippen molar-refractivity contribution in [2.75, 3.05) is 19.8 Å². The Labute approximate surface area is 272 Å². The van der Waals surface area contributed by atoms with Gasteiger partial charge in [0.05, 0.1) is 19.8 Å². The van der Waals surface area contributed by atoms with Gasteiger partial charge in [-0.05, 0) is 39.0 Å². The molecule has 0 radical (unpaired) electrons. The van der Waals surface area contributed by atoms with Crippen molar-refractivity contribution < 1.29 is 81.6 Å². The molecule has 0 aromatic carbocycles. The van der Waals surface area contributed by atoms with Crippen LogP contribution >= 0.6 is 15.6 Å². The highest BCUT2D eigenvalue weighted by Crippen LogP contribution is 2.61. The average molecular weight is 723 g/mol. The first-order chi connectivity index (χ1) is 21.8. The molecule has 2 saturated heterocycles. The van der Waals surface area contributed by atoms with E-state index in [1.165, 1.54) is 0 Å². The largest absolute Gasteiger partial charge is 0.483 e. The van der Waals surface area contributed by atoms with Crippen LogP contribution in [0.5, 0.6) is 0 Å². The molecular weight excluding hydrogens is 674 g/mol. The SMILES string of the molecule is CC(=O)N[C@H]1[C@@H](OP(=O)(O)OP(=O)(O)OCC[C@@H](C)CCC=C(C)C)O[C@H](CO)[C@@H](O[C@@H]2O[C@H](CO)[C@@H](O)[C@H](O)[C@H]2NC(C)=O)[C@@H]1O. The molecule has 2 aliphatic heterocycles. The Morgan fingerprint density at radius 1 is 0.830 bits per heavy atom. The van der Waals surface area contributed by atoms with Crippen LogP contribution in [0.25, 0.3) is 0 Å². The lowest BCUT2D eigenvalue weighted by molar-refractivity contribution is -0.325. The van der Waals surface area contributed by atoms with Crippen LogP contribution in [-0.2, 0) is 46.3 Å². The molecule has 0 aliphatic carbocycles. The number of ether oxygens (including phenoxy) is 3. The van der Waals surface area contributed by atoms with Crippen LogP contribution in [0, 0.1) is 5.92 Å². The van der Waals surface area contributed by atoms with Crippen LogP contribution in [-0.4, -0.2) is 128 Å². The molecule has 9 N–H and O–H groups in total. The van der Waals surface area contributed by atoms with Gasteiger partial charge in [-0.3, -0.25) is 18.6 Å². The van der Waals surface area contributed by atoms with Crippen molar-refractivity contribution in [1.82, 2.24) is 10.6 Å². The predicted molar refractivity (Wildman–Crippen MR) is 160 cm³/mol. The third-order valence-electron chi connectivity index (χ3n) is 7.29. The van der Waals surface area contributed by atoms with Crippen LogP contribution < -0.4 is 10.6 Å². The number of phosphoric acid groups is 2. The zero-order valence-electron chi connectivity index (χ0n) is 26.8. The Balaban J connectivity index is 2.18. The molecule has 0 bridgehead atoms. The van der Waals surface area contributed by atoms with Crippen LogP contribution in [0.2, 0.25) is 0 Å². The number of phosphoric ester groups is 2. The van der Waals surface area contributed by atoms with Crippen molar-refractivity contribution in [3.63, 3.8) is 0 Å². The molecule has 13 atom stereocenters. The van der Waals surface area contributed by atoms with Gasteiger partial charge in [-0.1, -0.05) is 18.6 Å². The number of allylic oxidation sites excluding steroid dienone is 2. The lowest BCUT2D eigenvalue weighted by Gasteiger charge is -2.48. The first kappa shape index (κ1) is 41.8. The number of aliphatic hydroxyl groups is 5. The van der Waals surface area contributed by atoms with Gasteiger partial charge in [0.25, 0.3) is 0 Å². The molecule has 47 heavy (non-hydrogen) atoms. The smallest absolute Gasteiger partial charge is 0.394 e. The Morgan fingerprint density at radius 2 is 1.38 bits per heavy atom. The van der Waals surface area contributed by atoms with Gasteiger partial charge in [-0.15, -0.1) is 0 Å². The molecule has 2 aliphatic rings. The minimum atomic E-state index is -5.54. The normalized spacial score (nSPS) is 34.4. The minimum Gasteiger partial charge on any atom is -0.394 e. The second-order valence-corrected chi connectivity index (χ2v) is 14.7. The van der Waals surface area contributed by atoms with Crippen molar-refractivity contribution in [1.29, 1.82) is 0 Å². The molecule has 2 rings (SSSR count). The van der Waals surface area contributed by atoms with Gasteiger partial charge in [-0.2, -0.15) is 4.31 Å². The summed E-state index contributed by atoms with van der Waals surface area (Å²) in [5.41, 5.74) is 1.15. The van der Waals surface area contributed by atoms with E-state index in [-0.39, 0.29) is 12.5 Å². The number of aliphatic hydroxyl groups excluding tert-OH is 5. The molecule has 274 valence electrons. The van der Waals surface area contributed by atoms with Crippen LogP contribution in [0.1, 0.15) is 53.9 Å². The number of hydrogen-bond donors (Lipinski definition) is 9. The first-order valence-electron chi connectivity index (χ1n) is 14.9. The van der Waals surface area contributed by atoms with Gasteiger partial charge in [0, 0.05) is 13.8 Å². The zero-order valence-corrected chi connectivity index (χ0v) is 28.6. The maximum atomic E-state index is 12.8. The summed E-state index contributed by atoms with van der Waals surface area (Å²) in [5, 5.41) is 56.2. The zero-order chi connectivity index (χ0) is 35.7. The van der Waals surface area contributed by atoms with E-state index in [1.807, 2.05) is 26.8 Å². The fourth-order valence-corrected chi connectivity index (χ4v) is 7.09. The van der Waals surface area contributed by atoms with E-state index in [0.29, 0.717) is 6.42 Å². The molecule has 0 saturated carbocycles. The fraction of sp³-hybridized carbons (Fsp3) is 0.846. The molecule has 2 amide bonds. The summed E-state index contributed by atoms with van der Waals surface area (Å²) in [6, 6.07) is -3.22. The van der Waals surface area contributed by atoms with E-state index in [2.05, 4.69) is 14.9 Å². The molecule has 0 aromatic heterocycles. The van der Waals surface area contributed by atoms with Gasteiger partial charge < -0.3 is 60.2 Å². The van der Waals surface area contributed by atoms with Gasteiger partial charge in [0.15, 0.2) is 12.6 Å². The van der Waals surface area contributed by atoms with Crippen molar-refractivity contribution >= 4 is 27.5 Å². The summed E-state index contributed by atoms with van der Waals surface area (Å²) in [5.74, 6) is -1.40. The highest BCUT2D eigenvalue weighted by atomic mass is 31.3. The van der Waals surface area contributed by atoms with E-state index < -0.39 is 102 Å². The van der Waals surface area contributed by atoms with Crippen molar-refractivity contribution in [3.8, 4) is 0 Å². The second-order valence-electron chi connectivity index (χ2n) is 11.7. The van der Waals surface area contributed by atoms with Gasteiger partial charge in [-0.25, -0.2) is 9.13 Å². The molecule has 0 spiro atoms. The third-order valence-corrected chi connectivity index (χ3v) is 9.92. The van der Waals surface area contributed by atoms with E-state index >= 15 is 0 Å². The Morgan fingerprint density at radius 3 is 1.91 bits per heavy atom. The summed E-state index contributed by atoms with van der Waals surface area (Å²) < 4.78 is 56.1.